The number of hydrogen-bond acceptors (Lipinski definition) is 8. The van der Waals surface area contributed by atoms with Crippen molar-refractivity contribution in [1.82, 2.24) is 0 Å². The maximum Gasteiger partial charge on any atom is 0.321 e. The number of methoxy groups -OCH3 is 1. The fourth-order valence-corrected chi connectivity index (χ4v) is 2.63. The number of esters is 1. The summed E-state index contributed by atoms with van der Waals surface area (Å²) in [5.74, 6) is -2.19. The number of nitro benzene ring substituents is 2. The topological polar surface area (TPSA) is 147 Å². The first-order valence-corrected chi connectivity index (χ1v) is 6.56. The van der Waals surface area contributed by atoms with Gasteiger partial charge in [-0.1, -0.05) is 0 Å². The average Bonchev–Trinajstić information content (AvgIpc) is 2.37. The molecule has 20 heavy (non-hydrogen) atoms. The number of carbonyl (C=O) groups is 1. The third-order valence-corrected chi connectivity index (χ3v) is 3.85. The van der Waals surface area contributed by atoms with E-state index in [2.05, 4.69) is 4.74 Å². The Labute approximate surface area is 112 Å². The largest absolute Gasteiger partial charge is 0.468 e. The summed E-state index contributed by atoms with van der Waals surface area (Å²) >= 11 is 0. The van der Waals surface area contributed by atoms with Crippen LogP contribution in [0.1, 0.15) is 0 Å². The molecule has 1 rings (SSSR count). The van der Waals surface area contributed by atoms with Crippen LogP contribution in [0, 0.1) is 20.2 Å². The summed E-state index contributed by atoms with van der Waals surface area (Å²) in [5.41, 5.74) is -1.60. The molecule has 1 aromatic rings. The normalized spacial score (nSPS) is 10.8. The zero-order chi connectivity index (χ0) is 15.5. The van der Waals surface area contributed by atoms with E-state index in [0.717, 1.165) is 13.2 Å². The Morgan fingerprint density at radius 3 is 2.30 bits per heavy atom. The minimum atomic E-state index is -4.33. The molecule has 0 fully saturated rings. The van der Waals surface area contributed by atoms with Gasteiger partial charge in [0.25, 0.3) is 11.4 Å². The number of carbonyl (C=O) groups excluding carboxylic acids is 1. The molecule has 0 aliphatic heterocycles. The summed E-state index contributed by atoms with van der Waals surface area (Å²) in [4.78, 5) is 29.5. The third kappa shape index (κ3) is 3.26. The van der Waals surface area contributed by atoms with Crippen LogP contribution >= 0.6 is 0 Å². The van der Waals surface area contributed by atoms with Crippen LogP contribution in [0.3, 0.4) is 0 Å². The lowest BCUT2D eigenvalue weighted by molar-refractivity contribution is -0.396. The summed E-state index contributed by atoms with van der Waals surface area (Å²) in [6, 6.07) is 2.04. The summed E-state index contributed by atoms with van der Waals surface area (Å²) in [7, 11) is -3.37. The first-order valence-electron chi connectivity index (χ1n) is 4.91. The van der Waals surface area contributed by atoms with Gasteiger partial charge in [-0.3, -0.25) is 25.0 Å². The first kappa shape index (κ1) is 15.5. The van der Waals surface area contributed by atoms with Crippen LogP contribution in [-0.4, -0.2) is 37.1 Å². The van der Waals surface area contributed by atoms with Gasteiger partial charge in [-0.25, -0.2) is 8.42 Å². The summed E-state index contributed by atoms with van der Waals surface area (Å²) < 4.78 is 27.8. The lowest BCUT2D eigenvalue weighted by Gasteiger charge is -2.04. The number of nitro groups is 2. The minimum Gasteiger partial charge on any atom is -0.468 e. The van der Waals surface area contributed by atoms with Gasteiger partial charge >= 0.3 is 5.97 Å². The molecule has 108 valence electrons. The standard InChI is InChI=1S/C9H8N2O8S/c1-19-9(12)5-20(17,18)8-3-2-6(10(13)14)4-7(8)11(15)16/h2-4H,5H2,1H3. The van der Waals surface area contributed by atoms with Crippen molar-refractivity contribution >= 4 is 27.2 Å². The Hall–Kier alpha value is -2.56. The van der Waals surface area contributed by atoms with Gasteiger partial charge in [-0.15, -0.1) is 0 Å². The third-order valence-electron chi connectivity index (χ3n) is 2.22. The van der Waals surface area contributed by atoms with Crippen LogP contribution in [0.5, 0.6) is 0 Å². The van der Waals surface area contributed by atoms with Gasteiger partial charge in [0.2, 0.25) is 0 Å². The van der Waals surface area contributed by atoms with E-state index < -0.39 is 47.7 Å². The van der Waals surface area contributed by atoms with Crippen molar-refractivity contribution in [2.24, 2.45) is 0 Å². The number of nitrogens with zero attached hydrogens (tertiary/aromatic N) is 2. The molecule has 0 aromatic heterocycles. The molecular weight excluding hydrogens is 296 g/mol. The lowest BCUT2D eigenvalue weighted by Crippen LogP contribution is -2.18. The zero-order valence-corrected chi connectivity index (χ0v) is 10.8. The molecule has 0 unspecified atom stereocenters. The maximum atomic E-state index is 11.8. The Bertz CT molecular complexity index is 681. The van der Waals surface area contributed by atoms with E-state index in [9.17, 15) is 33.4 Å². The molecule has 0 amide bonds. The van der Waals surface area contributed by atoms with E-state index >= 15 is 0 Å². The van der Waals surface area contributed by atoms with Crippen LogP contribution in [0.25, 0.3) is 0 Å². The summed E-state index contributed by atoms with van der Waals surface area (Å²) in [6.45, 7) is 0. The molecular formula is C9H8N2O8S. The Morgan fingerprint density at radius 2 is 1.85 bits per heavy atom. The van der Waals surface area contributed by atoms with Crippen molar-refractivity contribution < 1.29 is 27.8 Å². The van der Waals surface area contributed by atoms with Crippen LogP contribution in [0.15, 0.2) is 23.1 Å². The molecule has 1 aromatic carbocycles. The maximum absolute atomic E-state index is 11.8. The minimum absolute atomic E-state index is 0.518. The average molecular weight is 304 g/mol. The highest BCUT2D eigenvalue weighted by Gasteiger charge is 2.30. The van der Waals surface area contributed by atoms with Crippen molar-refractivity contribution in [3.8, 4) is 0 Å². The predicted octanol–water partition coefficient (Wildman–Crippen LogP) is 0.450. The highest BCUT2D eigenvalue weighted by Crippen LogP contribution is 2.29. The SMILES string of the molecule is COC(=O)CS(=O)(=O)c1ccc([N+](=O)[O-])cc1[N+](=O)[O-]. The first-order chi connectivity index (χ1) is 9.19. The Balaban J connectivity index is 3.41. The smallest absolute Gasteiger partial charge is 0.321 e. The predicted molar refractivity (Wildman–Crippen MR) is 63.8 cm³/mol. The molecule has 0 atom stereocenters. The van der Waals surface area contributed by atoms with Crippen LogP contribution in [-0.2, 0) is 19.4 Å². The Kier molecular flexibility index (Phi) is 4.34. The van der Waals surface area contributed by atoms with Gasteiger partial charge in [0.15, 0.2) is 15.6 Å². The second kappa shape index (κ2) is 5.61. The number of rotatable bonds is 5. The van der Waals surface area contributed by atoms with Gasteiger partial charge in [-0.2, -0.15) is 0 Å². The van der Waals surface area contributed by atoms with Crippen molar-refractivity contribution in [3.63, 3.8) is 0 Å². The van der Waals surface area contributed by atoms with E-state index in [1.54, 1.807) is 0 Å². The quantitative estimate of drug-likeness (QED) is 0.432. The van der Waals surface area contributed by atoms with Gasteiger partial charge in [0, 0.05) is 6.07 Å². The van der Waals surface area contributed by atoms with Crippen molar-refractivity contribution in [2.45, 2.75) is 4.90 Å². The molecule has 0 N–H and O–H groups in total. The molecule has 0 saturated heterocycles. The zero-order valence-electron chi connectivity index (χ0n) is 10.0. The van der Waals surface area contributed by atoms with Gasteiger partial charge in [0.1, 0.15) is 4.90 Å². The fraction of sp³-hybridized carbons (Fsp3) is 0.222. The second-order valence-electron chi connectivity index (χ2n) is 3.50. The van der Waals surface area contributed by atoms with Crippen molar-refractivity contribution in [3.05, 3.63) is 38.4 Å². The van der Waals surface area contributed by atoms with E-state index in [0.29, 0.717) is 12.1 Å². The molecule has 10 nitrogen and oxygen atoms in total. The number of hydrogen-bond donors (Lipinski definition) is 0. The molecule has 0 spiro atoms. The summed E-state index contributed by atoms with van der Waals surface area (Å²) in [5, 5.41) is 21.3. The van der Waals surface area contributed by atoms with Gasteiger partial charge < -0.3 is 4.74 Å². The van der Waals surface area contributed by atoms with Crippen molar-refractivity contribution in [1.29, 1.82) is 0 Å². The van der Waals surface area contributed by atoms with Gasteiger partial charge in [-0.05, 0) is 6.07 Å². The molecule has 0 aliphatic carbocycles. The van der Waals surface area contributed by atoms with Gasteiger partial charge in [0.05, 0.1) is 23.0 Å². The van der Waals surface area contributed by atoms with E-state index in [1.807, 2.05) is 0 Å². The molecule has 0 radical (unpaired) electrons. The summed E-state index contributed by atoms with van der Waals surface area (Å²) in [6.07, 6.45) is 0. The number of non-ortho nitro benzene ring substituents is 1. The molecule has 11 heteroatoms. The molecule has 0 heterocycles. The number of sulfone groups is 1. The van der Waals surface area contributed by atoms with E-state index in [-0.39, 0.29) is 0 Å². The van der Waals surface area contributed by atoms with Crippen molar-refractivity contribution in [2.75, 3.05) is 12.9 Å². The highest BCUT2D eigenvalue weighted by molar-refractivity contribution is 7.92. The monoisotopic (exact) mass is 304 g/mol. The van der Waals surface area contributed by atoms with Crippen LogP contribution in [0.4, 0.5) is 11.4 Å². The molecule has 0 aliphatic rings. The Morgan fingerprint density at radius 1 is 1.25 bits per heavy atom. The molecule has 0 bridgehead atoms. The molecule has 0 saturated carbocycles. The highest BCUT2D eigenvalue weighted by atomic mass is 32.2. The van der Waals surface area contributed by atoms with E-state index in [4.69, 9.17) is 0 Å². The van der Waals surface area contributed by atoms with Crippen LogP contribution in [0.2, 0.25) is 0 Å². The van der Waals surface area contributed by atoms with E-state index in [1.165, 1.54) is 0 Å². The second-order valence-corrected chi connectivity index (χ2v) is 5.46. The number of ether oxygens (including phenoxy) is 1. The number of benzene rings is 1. The fourth-order valence-electron chi connectivity index (χ4n) is 1.32. The lowest BCUT2D eigenvalue weighted by atomic mass is 10.3. The van der Waals surface area contributed by atoms with Crippen LogP contribution < -0.4 is 0 Å².